The molecule has 27 heavy (non-hydrogen) atoms. The van der Waals surface area contributed by atoms with E-state index in [1.807, 2.05) is 13.0 Å². The first-order valence-corrected chi connectivity index (χ1v) is 10.0. The summed E-state index contributed by atoms with van der Waals surface area (Å²) in [7, 11) is 0. The Labute approximate surface area is 171 Å². The fourth-order valence-corrected chi connectivity index (χ4v) is 3.76. The van der Waals surface area contributed by atoms with E-state index in [9.17, 15) is 4.79 Å². The van der Waals surface area contributed by atoms with E-state index in [2.05, 4.69) is 39.4 Å². The number of carbonyl (C=O) groups is 1. The van der Waals surface area contributed by atoms with Crippen LogP contribution in [0.25, 0.3) is 0 Å². The Morgan fingerprint density at radius 3 is 2.44 bits per heavy atom. The molecule has 1 aliphatic heterocycles. The molecule has 1 N–H and O–H groups in total. The van der Waals surface area contributed by atoms with Crippen molar-refractivity contribution in [3.8, 4) is 0 Å². The van der Waals surface area contributed by atoms with Crippen molar-refractivity contribution in [3.05, 3.63) is 64.1 Å². The Kier molecular flexibility index (Phi) is 7.13. The fraction of sp³-hybridized carbons (Fsp3) is 0.381. The minimum atomic E-state index is -0.201. The Morgan fingerprint density at radius 2 is 1.78 bits per heavy atom. The molecule has 4 nitrogen and oxygen atoms in total. The monoisotopic (exact) mass is 405 g/mol. The maximum absolute atomic E-state index is 12.6. The average molecular weight is 406 g/mol. The van der Waals surface area contributed by atoms with Crippen LogP contribution < -0.4 is 5.32 Å². The molecule has 0 radical (unpaired) electrons. The summed E-state index contributed by atoms with van der Waals surface area (Å²) in [5.74, 6) is -0.0445. The number of hydrogen-bond donors (Lipinski definition) is 1. The molecule has 1 amide bonds. The van der Waals surface area contributed by atoms with Crippen LogP contribution >= 0.6 is 23.2 Å². The molecule has 0 bridgehead atoms. The van der Waals surface area contributed by atoms with Gasteiger partial charge in [0.2, 0.25) is 5.91 Å². The lowest BCUT2D eigenvalue weighted by molar-refractivity contribution is -0.121. The number of piperazine rings is 1. The van der Waals surface area contributed by atoms with Gasteiger partial charge in [0.05, 0.1) is 16.8 Å². The van der Waals surface area contributed by atoms with E-state index < -0.39 is 0 Å². The van der Waals surface area contributed by atoms with Crippen molar-refractivity contribution in [2.24, 2.45) is 0 Å². The van der Waals surface area contributed by atoms with Crippen molar-refractivity contribution in [2.45, 2.75) is 19.4 Å². The SMILES string of the molecule is C[C@H](C(=O)Nc1ccc(Cl)cc1Cl)N1CCN(CCc2ccccc2)CC1. The number of halogens is 2. The zero-order valence-electron chi connectivity index (χ0n) is 15.5. The van der Waals surface area contributed by atoms with Gasteiger partial charge in [0.25, 0.3) is 0 Å². The predicted molar refractivity (Wildman–Crippen MR) is 113 cm³/mol. The summed E-state index contributed by atoms with van der Waals surface area (Å²) >= 11 is 12.1. The molecule has 0 unspecified atom stereocenters. The number of hydrogen-bond acceptors (Lipinski definition) is 3. The topological polar surface area (TPSA) is 35.6 Å². The van der Waals surface area contributed by atoms with E-state index in [-0.39, 0.29) is 11.9 Å². The van der Waals surface area contributed by atoms with Gasteiger partial charge >= 0.3 is 0 Å². The number of nitrogens with one attached hydrogen (secondary N) is 1. The Balaban J connectivity index is 1.46. The van der Waals surface area contributed by atoms with Gasteiger partial charge in [-0.25, -0.2) is 0 Å². The molecule has 1 aliphatic rings. The molecule has 1 atom stereocenters. The second-order valence-corrected chi connectivity index (χ2v) is 7.75. The van der Waals surface area contributed by atoms with Gasteiger partial charge in [-0.3, -0.25) is 9.69 Å². The second-order valence-electron chi connectivity index (χ2n) is 6.90. The summed E-state index contributed by atoms with van der Waals surface area (Å²) in [4.78, 5) is 17.3. The highest BCUT2D eigenvalue weighted by Gasteiger charge is 2.25. The van der Waals surface area contributed by atoms with Crippen LogP contribution in [-0.2, 0) is 11.2 Å². The summed E-state index contributed by atoms with van der Waals surface area (Å²) in [6, 6.07) is 15.4. The Hall–Kier alpha value is -1.59. The standard InChI is InChI=1S/C21H25Cl2N3O/c1-16(21(27)24-20-8-7-18(22)15-19(20)23)26-13-11-25(12-14-26)10-9-17-5-3-2-4-6-17/h2-8,15-16H,9-14H2,1H3,(H,24,27)/t16-/m1/s1. The molecular formula is C21H25Cl2N3O. The third-order valence-corrected chi connectivity index (χ3v) is 5.63. The normalized spacial score (nSPS) is 16.9. The number of nitrogens with zero attached hydrogens (tertiary/aromatic N) is 2. The smallest absolute Gasteiger partial charge is 0.241 e. The second kappa shape index (κ2) is 9.56. The molecule has 1 fully saturated rings. The molecule has 1 heterocycles. The molecule has 0 spiro atoms. The van der Waals surface area contributed by atoms with Gasteiger partial charge in [0.1, 0.15) is 0 Å². The zero-order valence-corrected chi connectivity index (χ0v) is 17.0. The van der Waals surface area contributed by atoms with Gasteiger partial charge in [-0.1, -0.05) is 53.5 Å². The highest BCUT2D eigenvalue weighted by molar-refractivity contribution is 6.36. The molecule has 3 rings (SSSR count). The molecule has 144 valence electrons. The highest BCUT2D eigenvalue weighted by Crippen LogP contribution is 2.25. The quantitative estimate of drug-likeness (QED) is 0.782. The number of rotatable bonds is 6. The zero-order chi connectivity index (χ0) is 19.2. The van der Waals surface area contributed by atoms with Crippen molar-refractivity contribution >= 4 is 34.8 Å². The summed E-state index contributed by atoms with van der Waals surface area (Å²) in [5, 5.41) is 3.91. The van der Waals surface area contributed by atoms with Gasteiger partial charge < -0.3 is 10.2 Å². The van der Waals surface area contributed by atoms with Crippen molar-refractivity contribution in [2.75, 3.05) is 38.0 Å². The highest BCUT2D eigenvalue weighted by atomic mass is 35.5. The van der Waals surface area contributed by atoms with E-state index in [1.165, 1.54) is 5.56 Å². The first-order valence-electron chi connectivity index (χ1n) is 9.29. The van der Waals surface area contributed by atoms with Gasteiger partial charge in [0, 0.05) is 37.7 Å². The molecule has 2 aromatic carbocycles. The van der Waals surface area contributed by atoms with Crippen LogP contribution in [-0.4, -0.2) is 54.5 Å². The van der Waals surface area contributed by atoms with E-state index in [0.717, 1.165) is 39.1 Å². The van der Waals surface area contributed by atoms with E-state index >= 15 is 0 Å². The lowest BCUT2D eigenvalue weighted by Crippen LogP contribution is -2.53. The van der Waals surface area contributed by atoms with Crippen LogP contribution in [0.4, 0.5) is 5.69 Å². The van der Waals surface area contributed by atoms with Crippen molar-refractivity contribution in [1.29, 1.82) is 0 Å². The van der Waals surface area contributed by atoms with Crippen LogP contribution in [0.5, 0.6) is 0 Å². The average Bonchev–Trinajstić information content (AvgIpc) is 2.69. The fourth-order valence-electron chi connectivity index (χ4n) is 3.30. The van der Waals surface area contributed by atoms with Crippen LogP contribution in [0.1, 0.15) is 12.5 Å². The van der Waals surface area contributed by atoms with Gasteiger partial charge in [0.15, 0.2) is 0 Å². The first-order chi connectivity index (χ1) is 13.0. The van der Waals surface area contributed by atoms with Crippen molar-refractivity contribution in [1.82, 2.24) is 9.80 Å². The lowest BCUT2D eigenvalue weighted by atomic mass is 10.1. The summed E-state index contributed by atoms with van der Waals surface area (Å²) in [6.45, 7) is 6.73. The Morgan fingerprint density at radius 1 is 1.07 bits per heavy atom. The summed E-state index contributed by atoms with van der Waals surface area (Å²) < 4.78 is 0. The number of anilines is 1. The summed E-state index contributed by atoms with van der Waals surface area (Å²) in [5.41, 5.74) is 1.96. The van der Waals surface area contributed by atoms with Gasteiger partial charge in [-0.2, -0.15) is 0 Å². The predicted octanol–water partition coefficient (Wildman–Crippen LogP) is 4.18. The minimum absolute atomic E-state index is 0.0445. The summed E-state index contributed by atoms with van der Waals surface area (Å²) in [6.07, 6.45) is 1.06. The minimum Gasteiger partial charge on any atom is -0.323 e. The molecular weight excluding hydrogens is 381 g/mol. The lowest BCUT2D eigenvalue weighted by Gasteiger charge is -2.37. The molecule has 1 saturated heterocycles. The number of benzene rings is 2. The maximum atomic E-state index is 12.6. The van der Waals surface area contributed by atoms with Crippen LogP contribution in [0.2, 0.25) is 10.0 Å². The first kappa shape index (κ1) is 20.2. The molecule has 0 aromatic heterocycles. The van der Waals surface area contributed by atoms with E-state index in [4.69, 9.17) is 23.2 Å². The largest absolute Gasteiger partial charge is 0.323 e. The molecule has 2 aromatic rings. The van der Waals surface area contributed by atoms with Crippen LogP contribution in [0, 0.1) is 0 Å². The van der Waals surface area contributed by atoms with Gasteiger partial charge in [-0.05, 0) is 37.1 Å². The third-order valence-electron chi connectivity index (χ3n) is 5.08. The third kappa shape index (κ3) is 5.69. The van der Waals surface area contributed by atoms with Crippen molar-refractivity contribution in [3.63, 3.8) is 0 Å². The van der Waals surface area contributed by atoms with Gasteiger partial charge in [-0.15, -0.1) is 0 Å². The Bertz CT molecular complexity index is 761. The maximum Gasteiger partial charge on any atom is 0.241 e. The molecule has 0 aliphatic carbocycles. The number of carbonyl (C=O) groups excluding carboxylic acids is 1. The molecule has 6 heteroatoms. The van der Waals surface area contributed by atoms with E-state index in [0.29, 0.717) is 15.7 Å². The molecule has 0 saturated carbocycles. The van der Waals surface area contributed by atoms with E-state index in [1.54, 1.807) is 18.2 Å². The number of amides is 1. The van der Waals surface area contributed by atoms with Crippen molar-refractivity contribution < 1.29 is 4.79 Å². The van der Waals surface area contributed by atoms with Crippen LogP contribution in [0.15, 0.2) is 48.5 Å². The van der Waals surface area contributed by atoms with Crippen LogP contribution in [0.3, 0.4) is 0 Å².